The first kappa shape index (κ1) is 73.2. The molecular weight excluding hydrogens is 1530 g/mol. The number of rotatable bonds is 9. The van der Waals surface area contributed by atoms with Crippen molar-refractivity contribution in [2.75, 3.05) is 0 Å². The second kappa shape index (κ2) is 29.9. The molecule has 3 heterocycles. The van der Waals surface area contributed by atoms with E-state index < -0.39 is 0 Å². The molecule has 0 spiro atoms. The maximum Gasteiger partial charge on any atom is 0.0705 e. The molecule has 0 atom stereocenters. The zero-order valence-corrected chi connectivity index (χ0v) is 69.6. The molecule has 3 heteroatoms. The highest BCUT2D eigenvalue weighted by Crippen LogP contribution is 2.63. The van der Waals surface area contributed by atoms with E-state index in [4.69, 9.17) is 9.97 Å². The third-order valence-corrected chi connectivity index (χ3v) is 26.6. The van der Waals surface area contributed by atoms with E-state index in [1.165, 1.54) is 226 Å². The van der Waals surface area contributed by atoms with Crippen molar-refractivity contribution in [2.24, 2.45) is 0 Å². The van der Waals surface area contributed by atoms with Crippen LogP contribution in [0.25, 0.3) is 264 Å². The lowest BCUT2D eigenvalue weighted by molar-refractivity contribution is 1.26. The number of nitrogens with zero attached hydrogens (tertiary/aromatic N) is 3. The van der Waals surface area contributed by atoms with Crippen molar-refractivity contribution in [1.82, 2.24) is 15.0 Å². The minimum atomic E-state index is 1.02. The van der Waals surface area contributed by atoms with Gasteiger partial charge in [0, 0.05) is 39.8 Å². The molecule has 3 nitrogen and oxygen atoms in total. The van der Waals surface area contributed by atoms with Gasteiger partial charge in [0.1, 0.15) is 0 Å². The topological polar surface area (TPSA) is 38.7 Å². The lowest BCUT2D eigenvalue weighted by Crippen LogP contribution is -1.93. The van der Waals surface area contributed by atoms with E-state index in [0.717, 1.165) is 44.0 Å². The van der Waals surface area contributed by atoms with E-state index in [2.05, 4.69) is 430 Å². The number of aromatic nitrogens is 3. The molecule has 27 rings (SSSR count). The molecule has 127 heavy (non-hydrogen) atoms. The van der Waals surface area contributed by atoms with Gasteiger partial charge in [0.2, 0.25) is 0 Å². The van der Waals surface area contributed by atoms with Crippen LogP contribution < -0.4 is 0 Å². The van der Waals surface area contributed by atoms with Gasteiger partial charge in [-0.3, -0.25) is 15.0 Å². The largest absolute Gasteiger partial charge is 0.256 e. The lowest BCUT2D eigenvalue weighted by Gasteiger charge is -2.20. The standard InChI is InChI=1S/C42H27N.2C41H25N/c1-26-19-20-30-23-29(21-22-37(30)43-26)32-24-31-15-10-18-35-38(31)36(25-32)42-40(28-13-6-3-7-14-28)34-17-9-8-16-33(34)39(41(35)42)27-11-4-2-5-12-27;1-3-12-26(13-4-1)38-32-18-8-9-19-33(32)39(27-14-5-2-6-15-27)41-35-24-30(23-29-17-11-20-34(37(29)35)40(38)41)31-22-28-16-7-10-21-36(28)42-25-31;1-3-11-26(12-4-1)38-32-17-7-8-18-33(32)39(27-13-5-2-6-14-27)41-35-25-31(24-30-15-9-19-34(37(30)35)40(38)41)28-20-21-36-29(23-28)16-10-22-42-36/h2-25H,1H3;2*1-25H. The molecule has 0 amide bonds. The summed E-state index contributed by atoms with van der Waals surface area (Å²) in [6.07, 6.45) is 3.88. The van der Waals surface area contributed by atoms with Crippen molar-refractivity contribution in [2.45, 2.75) is 6.92 Å². The summed E-state index contributed by atoms with van der Waals surface area (Å²) in [6.45, 7) is 2.05. The summed E-state index contributed by atoms with van der Waals surface area (Å²) in [7, 11) is 0. The highest BCUT2D eigenvalue weighted by molar-refractivity contribution is 6.32. The lowest BCUT2D eigenvalue weighted by atomic mass is 9.82. The zero-order chi connectivity index (χ0) is 83.7. The van der Waals surface area contributed by atoms with Crippen LogP contribution >= 0.6 is 0 Å². The van der Waals surface area contributed by atoms with Crippen LogP contribution in [0.1, 0.15) is 5.69 Å². The maximum absolute atomic E-state index is 4.81. The molecule has 0 bridgehead atoms. The average molecular weight is 1610 g/mol. The molecule has 0 radical (unpaired) electrons. The number of aryl methyl sites for hydroxylation is 1. The summed E-state index contributed by atoms with van der Waals surface area (Å²) in [5.41, 5.74) is 42.4. The molecule has 3 aromatic heterocycles. The molecule has 588 valence electrons. The Balaban J connectivity index is 0.000000104. The maximum atomic E-state index is 4.81. The Hall–Kier alpha value is -16.6. The van der Waals surface area contributed by atoms with E-state index in [0.29, 0.717) is 0 Å². The summed E-state index contributed by atoms with van der Waals surface area (Å²) < 4.78 is 0. The first-order valence-electron chi connectivity index (χ1n) is 43.8. The van der Waals surface area contributed by atoms with Crippen molar-refractivity contribution in [3.05, 3.63) is 455 Å². The molecule has 3 aliphatic rings. The molecule has 0 saturated carbocycles. The third kappa shape index (κ3) is 12.0. The molecule has 0 saturated heterocycles. The first-order valence-corrected chi connectivity index (χ1v) is 43.8. The normalized spacial score (nSPS) is 11.8. The van der Waals surface area contributed by atoms with Crippen LogP contribution in [0.2, 0.25) is 0 Å². The van der Waals surface area contributed by atoms with Crippen molar-refractivity contribution in [3.63, 3.8) is 0 Å². The minimum Gasteiger partial charge on any atom is -0.256 e. The van der Waals surface area contributed by atoms with Gasteiger partial charge in [0.15, 0.2) is 0 Å². The number of hydrogen-bond donors (Lipinski definition) is 0. The van der Waals surface area contributed by atoms with E-state index >= 15 is 0 Å². The van der Waals surface area contributed by atoms with Crippen LogP contribution in [0, 0.1) is 6.92 Å². The second-order valence-electron chi connectivity index (χ2n) is 33.8. The fourth-order valence-corrected chi connectivity index (χ4v) is 21.3. The van der Waals surface area contributed by atoms with E-state index in [9.17, 15) is 0 Å². The molecular formula is C124H77N3. The highest BCUT2D eigenvalue weighted by atomic mass is 14.7. The van der Waals surface area contributed by atoms with Gasteiger partial charge in [0.25, 0.3) is 0 Å². The van der Waals surface area contributed by atoms with Gasteiger partial charge in [-0.1, -0.05) is 352 Å². The summed E-state index contributed by atoms with van der Waals surface area (Å²) >= 11 is 0. The molecule has 24 aromatic rings. The Morgan fingerprint density at radius 1 is 0.157 bits per heavy atom. The molecule has 3 aliphatic carbocycles. The number of hydrogen-bond acceptors (Lipinski definition) is 3. The SMILES string of the molecule is Cc1ccc2cc(-c3cc4c5c(cccc5c3)-c3c-4c(-c4ccccc4)c4ccccc4c3-c3ccccc3)ccc2n1.c1ccc(-c2c3c(c(-c4ccccc4)c4ccccc24)-c2cc(-c4ccc5ncccc5c4)cc4cccc-3c24)cc1.c1ccc(-c2c3c(c(-c4ccccc4)c4ccccc24)-c2cc(-c4cnc5ccccc5c4)cc4cccc-3c24)cc1. The summed E-state index contributed by atoms with van der Waals surface area (Å²) in [4.78, 5) is 14.1. The Bertz CT molecular complexity index is 8320. The van der Waals surface area contributed by atoms with Crippen molar-refractivity contribution >= 4 is 97.3 Å². The van der Waals surface area contributed by atoms with Gasteiger partial charge in [0.05, 0.1) is 16.6 Å². The van der Waals surface area contributed by atoms with Crippen molar-refractivity contribution in [3.8, 4) is 167 Å². The van der Waals surface area contributed by atoms with E-state index in [1.54, 1.807) is 0 Å². The van der Waals surface area contributed by atoms with Crippen LogP contribution in [0.4, 0.5) is 0 Å². The number of fused-ring (bicyclic) bond motifs is 15. The number of para-hydroxylation sites is 1. The van der Waals surface area contributed by atoms with Gasteiger partial charge in [-0.15, -0.1) is 0 Å². The summed E-state index contributed by atoms with van der Waals surface area (Å²) in [5.74, 6) is 0. The fourth-order valence-electron chi connectivity index (χ4n) is 21.3. The first-order chi connectivity index (χ1) is 62.9. The Kier molecular flexibility index (Phi) is 17.2. The van der Waals surface area contributed by atoms with Crippen LogP contribution in [0.15, 0.2) is 449 Å². The quantitative estimate of drug-likeness (QED) is 0.145. The predicted octanol–water partition coefficient (Wildman–Crippen LogP) is 33.9. The van der Waals surface area contributed by atoms with Crippen molar-refractivity contribution < 1.29 is 0 Å². The van der Waals surface area contributed by atoms with Gasteiger partial charge in [-0.25, -0.2) is 0 Å². The third-order valence-electron chi connectivity index (χ3n) is 26.6. The monoisotopic (exact) mass is 1610 g/mol. The highest BCUT2D eigenvalue weighted by Gasteiger charge is 2.36. The number of pyridine rings is 3. The van der Waals surface area contributed by atoms with Crippen LogP contribution in [0.5, 0.6) is 0 Å². The van der Waals surface area contributed by atoms with Crippen LogP contribution in [-0.2, 0) is 0 Å². The molecule has 0 unspecified atom stereocenters. The zero-order valence-electron chi connectivity index (χ0n) is 69.6. The Morgan fingerprint density at radius 2 is 0.433 bits per heavy atom. The minimum absolute atomic E-state index is 1.02. The van der Waals surface area contributed by atoms with Crippen molar-refractivity contribution in [1.29, 1.82) is 0 Å². The molecule has 21 aromatic carbocycles. The smallest absolute Gasteiger partial charge is 0.0705 e. The average Bonchev–Trinajstić information content (AvgIpc) is 1.56. The molecule has 0 aliphatic heterocycles. The van der Waals surface area contributed by atoms with Gasteiger partial charge >= 0.3 is 0 Å². The fraction of sp³-hybridized carbons (Fsp3) is 0.00806. The molecule has 0 fully saturated rings. The molecule has 0 N–H and O–H groups in total. The predicted molar refractivity (Wildman–Crippen MR) is 537 cm³/mol. The second-order valence-corrected chi connectivity index (χ2v) is 33.8. The Labute approximate surface area is 735 Å². The van der Waals surface area contributed by atoms with E-state index in [1.807, 2.05) is 31.5 Å². The van der Waals surface area contributed by atoms with E-state index in [-0.39, 0.29) is 0 Å². The van der Waals surface area contributed by atoms with Crippen LogP contribution in [-0.4, -0.2) is 15.0 Å². The Morgan fingerprint density at radius 3 is 0.803 bits per heavy atom. The summed E-state index contributed by atoms with van der Waals surface area (Å²) in [6, 6.07) is 159. The van der Waals surface area contributed by atoms with Crippen LogP contribution in [0.3, 0.4) is 0 Å². The van der Waals surface area contributed by atoms with Gasteiger partial charge in [-0.05, 0) is 318 Å². The van der Waals surface area contributed by atoms with Gasteiger partial charge in [-0.2, -0.15) is 0 Å². The number of benzene rings is 21. The summed E-state index contributed by atoms with van der Waals surface area (Å²) in [5, 5.41) is 19.0. The van der Waals surface area contributed by atoms with Gasteiger partial charge < -0.3 is 0 Å².